The number of fused-ring (bicyclic) bond motifs is 1. The van der Waals surface area contributed by atoms with Crippen molar-refractivity contribution in [3.8, 4) is 0 Å². The van der Waals surface area contributed by atoms with Crippen LogP contribution in [-0.4, -0.2) is 34.3 Å². The molecule has 0 atom stereocenters. The highest BCUT2D eigenvalue weighted by Crippen LogP contribution is 2.27. The van der Waals surface area contributed by atoms with Gasteiger partial charge in [0.2, 0.25) is 0 Å². The van der Waals surface area contributed by atoms with Crippen LogP contribution >= 0.6 is 0 Å². The molecule has 1 aliphatic rings. The summed E-state index contributed by atoms with van der Waals surface area (Å²) < 4.78 is 27.8. The fourth-order valence-electron chi connectivity index (χ4n) is 2.86. The molecule has 1 aromatic carbocycles. The first kappa shape index (κ1) is 14.6. The van der Waals surface area contributed by atoms with Gasteiger partial charge in [-0.15, -0.1) is 0 Å². The lowest BCUT2D eigenvalue weighted by Gasteiger charge is -2.20. The summed E-state index contributed by atoms with van der Waals surface area (Å²) in [5.41, 5.74) is -1.63. The molecule has 0 saturated carbocycles. The second kappa shape index (κ2) is 5.43. The maximum atomic E-state index is 14.3. The molecule has 118 valence electrons. The van der Waals surface area contributed by atoms with Crippen molar-refractivity contribution in [3.05, 3.63) is 38.8 Å². The lowest BCUT2D eigenvalue weighted by Crippen LogP contribution is -2.39. The fourth-order valence-corrected chi connectivity index (χ4v) is 2.86. The quantitative estimate of drug-likeness (QED) is 0.862. The molecule has 0 spiro atoms. The Morgan fingerprint density at radius 1 is 1.18 bits per heavy atom. The first-order valence-corrected chi connectivity index (χ1v) is 7.04. The Morgan fingerprint density at radius 2 is 1.86 bits per heavy atom. The van der Waals surface area contributed by atoms with E-state index in [0.29, 0.717) is 13.1 Å². The molecule has 1 saturated heterocycles. The predicted octanol–water partition coefficient (Wildman–Crippen LogP) is 1.11. The first-order valence-electron chi connectivity index (χ1n) is 7.04. The lowest BCUT2D eigenvalue weighted by atomic mass is 10.2. The summed E-state index contributed by atoms with van der Waals surface area (Å²) in [7, 11) is 0. The van der Waals surface area contributed by atoms with E-state index in [2.05, 4.69) is 0 Å². The molecule has 0 radical (unpaired) electrons. The largest absolute Gasteiger partial charge is 0.421 e. The van der Waals surface area contributed by atoms with E-state index < -0.39 is 23.7 Å². The molecule has 1 N–H and O–H groups in total. The Kier molecular flexibility index (Phi) is 3.59. The second-order valence-electron chi connectivity index (χ2n) is 5.26. The average Bonchev–Trinajstić information content (AvgIpc) is 3.03. The molecule has 3 rings (SSSR count). The minimum absolute atomic E-state index is 0.118. The maximum Gasteiger partial charge on any atom is 0.365 e. The Labute approximate surface area is 123 Å². The third kappa shape index (κ3) is 2.15. The van der Waals surface area contributed by atoms with E-state index in [1.165, 1.54) is 6.07 Å². The Morgan fingerprint density at radius 3 is 2.50 bits per heavy atom. The van der Waals surface area contributed by atoms with Crippen molar-refractivity contribution in [1.82, 2.24) is 9.30 Å². The van der Waals surface area contributed by atoms with E-state index in [4.69, 9.17) is 0 Å². The van der Waals surface area contributed by atoms with Crippen molar-refractivity contribution in [2.75, 3.05) is 24.7 Å². The van der Waals surface area contributed by atoms with Crippen molar-refractivity contribution in [1.29, 1.82) is 0 Å². The zero-order valence-corrected chi connectivity index (χ0v) is 11.8. The molecule has 0 amide bonds. The SMILES string of the molecule is O=c1c2cc(F)c(N3CCCC3)cc2n(CCF)c(=O)n1O. The van der Waals surface area contributed by atoms with Crippen molar-refractivity contribution in [3.63, 3.8) is 0 Å². The van der Waals surface area contributed by atoms with E-state index in [0.717, 1.165) is 23.5 Å². The number of aromatic nitrogens is 2. The second-order valence-corrected chi connectivity index (χ2v) is 5.26. The van der Waals surface area contributed by atoms with Crippen molar-refractivity contribution in [2.45, 2.75) is 19.4 Å². The minimum atomic E-state index is -1.03. The zero-order valence-electron chi connectivity index (χ0n) is 11.8. The minimum Gasteiger partial charge on any atom is -0.421 e. The standard InChI is InChI=1S/C14H15F2N3O3/c15-3-6-18-11-8-12(17-4-1-2-5-17)10(16)7-9(11)13(20)19(22)14(18)21/h7-8,22H,1-6H2. The van der Waals surface area contributed by atoms with Crippen LogP contribution in [0, 0.1) is 5.82 Å². The van der Waals surface area contributed by atoms with Crippen LogP contribution in [0.3, 0.4) is 0 Å². The molecule has 6 nitrogen and oxygen atoms in total. The molecule has 22 heavy (non-hydrogen) atoms. The van der Waals surface area contributed by atoms with Gasteiger partial charge in [-0.05, 0) is 25.0 Å². The summed E-state index contributed by atoms with van der Waals surface area (Å²) in [4.78, 5) is 25.7. The molecule has 8 heteroatoms. The van der Waals surface area contributed by atoms with E-state index in [1.54, 1.807) is 0 Å². The van der Waals surface area contributed by atoms with E-state index >= 15 is 0 Å². The van der Waals surface area contributed by atoms with Gasteiger partial charge in [-0.25, -0.2) is 13.6 Å². The summed E-state index contributed by atoms with van der Waals surface area (Å²) in [6.45, 7) is 0.213. The first-order chi connectivity index (χ1) is 10.5. The van der Waals surface area contributed by atoms with Gasteiger partial charge in [-0.1, -0.05) is 4.73 Å². The number of hydrogen-bond donors (Lipinski definition) is 1. The van der Waals surface area contributed by atoms with Gasteiger partial charge in [0.1, 0.15) is 12.5 Å². The summed E-state index contributed by atoms with van der Waals surface area (Å²) in [6, 6.07) is 2.38. The highest BCUT2D eigenvalue weighted by molar-refractivity contribution is 5.82. The average molecular weight is 311 g/mol. The van der Waals surface area contributed by atoms with Crippen LogP contribution in [0.5, 0.6) is 0 Å². The van der Waals surface area contributed by atoms with Crippen LogP contribution in [0.15, 0.2) is 21.7 Å². The lowest BCUT2D eigenvalue weighted by molar-refractivity contribution is 0.156. The Bertz CT molecular complexity index is 838. The van der Waals surface area contributed by atoms with Crippen molar-refractivity contribution in [2.24, 2.45) is 0 Å². The summed E-state index contributed by atoms with van der Waals surface area (Å²) in [5, 5.41) is 9.34. The third-order valence-electron chi connectivity index (χ3n) is 3.95. The third-order valence-corrected chi connectivity index (χ3v) is 3.95. The molecule has 1 aromatic heterocycles. The highest BCUT2D eigenvalue weighted by atomic mass is 19.1. The number of halogens is 2. The molecule has 0 aliphatic carbocycles. The summed E-state index contributed by atoms with van der Waals surface area (Å²) in [6.07, 6.45) is 1.87. The smallest absolute Gasteiger partial charge is 0.365 e. The normalized spacial score (nSPS) is 14.9. The van der Waals surface area contributed by atoms with E-state index in [1.807, 2.05) is 4.90 Å². The number of benzene rings is 1. The van der Waals surface area contributed by atoms with Crippen LogP contribution in [-0.2, 0) is 6.54 Å². The number of nitrogens with zero attached hydrogens (tertiary/aromatic N) is 3. The predicted molar refractivity (Wildman–Crippen MR) is 77.0 cm³/mol. The molecule has 0 bridgehead atoms. The maximum absolute atomic E-state index is 14.3. The van der Waals surface area contributed by atoms with E-state index in [-0.39, 0.29) is 27.9 Å². The number of anilines is 1. The summed E-state index contributed by atoms with van der Waals surface area (Å²) in [5.74, 6) is -0.600. The number of aryl methyl sites for hydroxylation is 1. The topological polar surface area (TPSA) is 67.5 Å². The molecule has 1 aliphatic heterocycles. The highest BCUT2D eigenvalue weighted by Gasteiger charge is 2.20. The van der Waals surface area contributed by atoms with Crippen LogP contribution in [0.1, 0.15) is 12.8 Å². The van der Waals surface area contributed by atoms with Gasteiger partial charge in [0.15, 0.2) is 0 Å². The number of rotatable bonds is 3. The summed E-state index contributed by atoms with van der Waals surface area (Å²) >= 11 is 0. The van der Waals surface area contributed by atoms with Crippen LogP contribution in [0.25, 0.3) is 10.9 Å². The van der Waals surface area contributed by atoms with Crippen LogP contribution in [0.4, 0.5) is 14.5 Å². The number of alkyl halides is 1. The van der Waals surface area contributed by atoms with Crippen molar-refractivity contribution >= 4 is 16.6 Å². The monoisotopic (exact) mass is 311 g/mol. The van der Waals surface area contributed by atoms with Gasteiger partial charge in [0.05, 0.1) is 23.1 Å². The molecule has 0 unspecified atom stereocenters. The van der Waals surface area contributed by atoms with Gasteiger partial charge in [0, 0.05) is 13.1 Å². The Hall–Kier alpha value is -2.38. The Balaban J connectivity index is 2.34. The molecular weight excluding hydrogens is 296 g/mol. The molecular formula is C14H15F2N3O3. The van der Waals surface area contributed by atoms with Gasteiger partial charge in [0.25, 0.3) is 5.56 Å². The van der Waals surface area contributed by atoms with Crippen LogP contribution in [0.2, 0.25) is 0 Å². The zero-order chi connectivity index (χ0) is 15.9. The molecule has 1 fully saturated rings. The number of hydrogen-bond acceptors (Lipinski definition) is 4. The molecule has 2 aromatic rings. The van der Waals surface area contributed by atoms with Gasteiger partial charge in [-0.3, -0.25) is 9.36 Å². The van der Waals surface area contributed by atoms with Crippen molar-refractivity contribution < 1.29 is 14.0 Å². The van der Waals surface area contributed by atoms with Crippen LogP contribution < -0.4 is 16.1 Å². The molecule has 2 heterocycles. The fraction of sp³-hybridized carbons (Fsp3) is 0.429. The van der Waals surface area contributed by atoms with Gasteiger partial charge < -0.3 is 10.1 Å². The van der Waals surface area contributed by atoms with E-state index in [9.17, 15) is 23.6 Å². The van der Waals surface area contributed by atoms with Gasteiger partial charge in [-0.2, -0.15) is 0 Å². The van der Waals surface area contributed by atoms with Gasteiger partial charge >= 0.3 is 5.69 Å².